The third-order valence-electron chi connectivity index (χ3n) is 3.92. The molecule has 0 saturated heterocycles. The molecule has 0 bridgehead atoms. The molecule has 23 heavy (non-hydrogen) atoms. The van der Waals surface area contributed by atoms with Crippen molar-refractivity contribution < 1.29 is 4.74 Å². The topological polar surface area (TPSA) is 116 Å². The molecular weight excluding hydrogens is 316 g/mol. The van der Waals surface area contributed by atoms with Gasteiger partial charge in [-0.15, -0.1) is 5.10 Å². The molecule has 2 aromatic heterocycles. The van der Waals surface area contributed by atoms with Gasteiger partial charge in [0.25, 0.3) is 0 Å². The van der Waals surface area contributed by atoms with Gasteiger partial charge in [0.2, 0.25) is 11.8 Å². The molecule has 0 radical (unpaired) electrons. The number of unbranched alkanes of at least 4 members (excludes halogenated alkanes) is 1. The highest BCUT2D eigenvalue weighted by atomic mass is 35.5. The summed E-state index contributed by atoms with van der Waals surface area (Å²) in [6.45, 7) is 3.98. The average molecular weight is 333 g/mol. The Balaban J connectivity index is 2.12. The SMILES string of the molecule is CCCCc1nc(Cl)c(C2C(C#N)=C(N)Oc3n[nH]c(C)c32)[nH]1. The van der Waals surface area contributed by atoms with Crippen LogP contribution in [-0.4, -0.2) is 20.2 Å². The largest absolute Gasteiger partial charge is 0.420 e. The van der Waals surface area contributed by atoms with Gasteiger partial charge in [0.1, 0.15) is 17.5 Å². The summed E-state index contributed by atoms with van der Waals surface area (Å²) < 4.78 is 5.43. The van der Waals surface area contributed by atoms with E-state index in [-0.39, 0.29) is 5.88 Å². The predicted octanol–water partition coefficient (Wildman–Crippen LogP) is 2.66. The lowest BCUT2D eigenvalue weighted by Gasteiger charge is -2.22. The van der Waals surface area contributed by atoms with Crippen molar-refractivity contribution in [2.24, 2.45) is 5.73 Å². The number of allylic oxidation sites excluding steroid dienone is 1. The number of nitriles is 1. The van der Waals surface area contributed by atoms with Gasteiger partial charge < -0.3 is 15.5 Å². The molecule has 4 N–H and O–H groups in total. The van der Waals surface area contributed by atoms with Crippen LogP contribution in [-0.2, 0) is 6.42 Å². The maximum atomic E-state index is 9.51. The molecule has 0 saturated carbocycles. The number of nitrogens with two attached hydrogens (primary N) is 1. The molecule has 0 aromatic carbocycles. The van der Waals surface area contributed by atoms with Gasteiger partial charge in [0.15, 0.2) is 5.15 Å². The van der Waals surface area contributed by atoms with Crippen molar-refractivity contribution >= 4 is 11.6 Å². The van der Waals surface area contributed by atoms with E-state index in [4.69, 9.17) is 22.1 Å². The number of hydrogen-bond donors (Lipinski definition) is 3. The van der Waals surface area contributed by atoms with Crippen LogP contribution in [0.4, 0.5) is 0 Å². The standard InChI is InChI=1S/C15H17ClN6O/c1-3-4-5-9-19-12(13(16)20-9)11-8(6-17)14(18)23-15-10(11)7(2)21-22-15/h11H,3-5,18H2,1-2H3,(H,19,20)(H,21,22). The third kappa shape index (κ3) is 2.55. The van der Waals surface area contributed by atoms with E-state index < -0.39 is 5.92 Å². The summed E-state index contributed by atoms with van der Waals surface area (Å²) >= 11 is 6.33. The van der Waals surface area contributed by atoms with Crippen LogP contribution in [0.5, 0.6) is 5.88 Å². The van der Waals surface area contributed by atoms with Crippen LogP contribution < -0.4 is 10.5 Å². The minimum atomic E-state index is -0.460. The van der Waals surface area contributed by atoms with Gasteiger partial charge in [0, 0.05) is 12.1 Å². The maximum Gasteiger partial charge on any atom is 0.244 e. The number of hydrogen-bond acceptors (Lipinski definition) is 5. The summed E-state index contributed by atoms with van der Waals surface area (Å²) in [6, 6.07) is 2.12. The van der Waals surface area contributed by atoms with E-state index in [1.807, 2.05) is 6.92 Å². The Labute approximate surface area is 138 Å². The number of aromatic nitrogens is 4. The van der Waals surface area contributed by atoms with E-state index in [1.54, 1.807) is 0 Å². The molecule has 1 aliphatic heterocycles. The average Bonchev–Trinajstić information content (AvgIpc) is 3.07. The number of aromatic amines is 2. The number of ether oxygens (including phenoxy) is 1. The number of H-pyrrole nitrogens is 2. The summed E-state index contributed by atoms with van der Waals surface area (Å²) in [4.78, 5) is 7.62. The Bertz CT molecular complexity index is 813. The van der Waals surface area contributed by atoms with Crippen molar-refractivity contribution in [3.8, 4) is 11.9 Å². The molecule has 120 valence electrons. The van der Waals surface area contributed by atoms with E-state index in [9.17, 15) is 5.26 Å². The number of fused-ring (bicyclic) bond motifs is 1. The number of rotatable bonds is 4. The molecule has 1 unspecified atom stereocenters. The number of aryl methyl sites for hydroxylation is 2. The molecule has 1 atom stereocenters. The number of nitrogens with zero attached hydrogens (tertiary/aromatic N) is 3. The number of nitrogens with one attached hydrogen (secondary N) is 2. The van der Waals surface area contributed by atoms with Gasteiger partial charge >= 0.3 is 0 Å². The normalized spacial score (nSPS) is 16.9. The Morgan fingerprint density at radius 1 is 1.48 bits per heavy atom. The molecule has 8 heteroatoms. The van der Waals surface area contributed by atoms with Crippen LogP contribution in [0, 0.1) is 18.3 Å². The van der Waals surface area contributed by atoms with Crippen LogP contribution in [0.25, 0.3) is 0 Å². The second-order valence-corrected chi connectivity index (χ2v) is 5.84. The third-order valence-corrected chi connectivity index (χ3v) is 4.21. The minimum absolute atomic E-state index is 0.0391. The second-order valence-electron chi connectivity index (χ2n) is 5.48. The molecule has 2 aromatic rings. The Kier molecular flexibility index (Phi) is 4.01. The molecule has 3 heterocycles. The highest BCUT2D eigenvalue weighted by Crippen LogP contribution is 2.43. The van der Waals surface area contributed by atoms with Crippen molar-refractivity contribution in [1.82, 2.24) is 20.2 Å². The van der Waals surface area contributed by atoms with Crippen LogP contribution in [0.15, 0.2) is 11.5 Å². The molecule has 0 aliphatic carbocycles. The first kappa shape index (κ1) is 15.4. The van der Waals surface area contributed by atoms with Gasteiger partial charge in [0.05, 0.1) is 17.2 Å². The van der Waals surface area contributed by atoms with Crippen LogP contribution in [0.2, 0.25) is 5.15 Å². The molecule has 0 amide bonds. The van der Waals surface area contributed by atoms with Crippen molar-refractivity contribution in [2.75, 3.05) is 0 Å². The summed E-state index contributed by atoms with van der Waals surface area (Å²) in [5.74, 6) is 0.747. The van der Waals surface area contributed by atoms with Crippen LogP contribution in [0.3, 0.4) is 0 Å². The summed E-state index contributed by atoms with van der Waals surface area (Å²) in [5, 5.41) is 16.8. The Hall–Kier alpha value is -2.46. The minimum Gasteiger partial charge on any atom is -0.420 e. The molecule has 3 rings (SSSR count). The lowest BCUT2D eigenvalue weighted by atomic mass is 9.88. The highest BCUT2D eigenvalue weighted by Gasteiger charge is 2.36. The van der Waals surface area contributed by atoms with Crippen LogP contribution >= 0.6 is 11.6 Å². The summed E-state index contributed by atoms with van der Waals surface area (Å²) in [5.41, 5.74) is 8.38. The van der Waals surface area contributed by atoms with Crippen molar-refractivity contribution in [1.29, 1.82) is 5.26 Å². The first-order valence-corrected chi connectivity index (χ1v) is 7.81. The van der Waals surface area contributed by atoms with Gasteiger partial charge in [-0.25, -0.2) is 4.98 Å². The smallest absolute Gasteiger partial charge is 0.244 e. The van der Waals surface area contributed by atoms with Gasteiger partial charge in [-0.05, 0) is 13.3 Å². The second kappa shape index (κ2) is 5.97. The zero-order valence-electron chi connectivity index (χ0n) is 12.9. The van der Waals surface area contributed by atoms with Gasteiger partial charge in [-0.1, -0.05) is 24.9 Å². The lowest BCUT2D eigenvalue weighted by molar-refractivity contribution is 0.378. The Morgan fingerprint density at radius 2 is 2.26 bits per heavy atom. The molecule has 0 spiro atoms. The first-order valence-electron chi connectivity index (χ1n) is 7.43. The van der Waals surface area contributed by atoms with E-state index in [0.717, 1.165) is 36.3 Å². The molecule has 0 fully saturated rings. The first-order chi connectivity index (χ1) is 11.1. The van der Waals surface area contributed by atoms with E-state index >= 15 is 0 Å². The maximum absolute atomic E-state index is 9.51. The highest BCUT2D eigenvalue weighted by molar-refractivity contribution is 6.30. The molecule has 1 aliphatic rings. The fourth-order valence-electron chi connectivity index (χ4n) is 2.75. The number of halogens is 1. The summed E-state index contributed by atoms with van der Waals surface area (Å²) in [7, 11) is 0. The van der Waals surface area contributed by atoms with Crippen molar-refractivity contribution in [3.63, 3.8) is 0 Å². The predicted molar refractivity (Wildman–Crippen MR) is 84.8 cm³/mol. The van der Waals surface area contributed by atoms with E-state index in [2.05, 4.69) is 33.2 Å². The van der Waals surface area contributed by atoms with Crippen molar-refractivity contribution in [3.05, 3.63) is 39.4 Å². The monoisotopic (exact) mass is 332 g/mol. The number of imidazole rings is 1. The van der Waals surface area contributed by atoms with Gasteiger partial charge in [-0.3, -0.25) is 5.10 Å². The fraction of sp³-hybridized carbons (Fsp3) is 0.400. The Morgan fingerprint density at radius 3 is 2.96 bits per heavy atom. The van der Waals surface area contributed by atoms with Crippen LogP contribution in [0.1, 0.15) is 48.5 Å². The lowest BCUT2D eigenvalue weighted by Crippen LogP contribution is -2.21. The summed E-state index contributed by atoms with van der Waals surface area (Å²) in [6.07, 6.45) is 2.88. The fourth-order valence-corrected chi connectivity index (χ4v) is 3.01. The zero-order chi connectivity index (χ0) is 16.6. The van der Waals surface area contributed by atoms with Crippen molar-refractivity contribution in [2.45, 2.75) is 39.0 Å². The van der Waals surface area contributed by atoms with E-state index in [1.165, 1.54) is 0 Å². The molecule has 7 nitrogen and oxygen atoms in total. The van der Waals surface area contributed by atoms with Gasteiger partial charge in [-0.2, -0.15) is 5.26 Å². The quantitative estimate of drug-likeness (QED) is 0.795. The van der Waals surface area contributed by atoms with E-state index in [0.29, 0.717) is 22.3 Å². The zero-order valence-corrected chi connectivity index (χ0v) is 13.7. The molecular formula is C15H17ClN6O.